The lowest BCUT2D eigenvalue weighted by Gasteiger charge is -2.16. The third kappa shape index (κ3) is 3.78. The first-order chi connectivity index (χ1) is 12.5. The Morgan fingerprint density at radius 3 is 2.81 bits per heavy atom. The average molecular weight is 370 g/mol. The van der Waals surface area contributed by atoms with Crippen molar-refractivity contribution in [1.82, 2.24) is 9.55 Å². The van der Waals surface area contributed by atoms with Gasteiger partial charge >= 0.3 is 0 Å². The van der Waals surface area contributed by atoms with Gasteiger partial charge in [-0.25, -0.2) is 4.98 Å². The van der Waals surface area contributed by atoms with Crippen LogP contribution in [0, 0.1) is 0 Å². The molecule has 3 aromatic rings. The number of amides is 1. The van der Waals surface area contributed by atoms with Gasteiger partial charge < -0.3 is 5.32 Å². The molecule has 0 radical (unpaired) electrons. The molecule has 5 nitrogen and oxygen atoms in total. The average Bonchev–Trinajstić information content (AvgIpc) is 2.64. The number of halogens is 1. The van der Waals surface area contributed by atoms with E-state index in [1.54, 1.807) is 18.2 Å². The summed E-state index contributed by atoms with van der Waals surface area (Å²) in [7, 11) is 0. The van der Waals surface area contributed by atoms with Crippen LogP contribution < -0.4 is 10.9 Å². The van der Waals surface area contributed by atoms with Gasteiger partial charge in [-0.15, -0.1) is 0 Å². The number of para-hydroxylation sites is 1. The Morgan fingerprint density at radius 1 is 1.27 bits per heavy atom. The Morgan fingerprint density at radius 2 is 2.04 bits per heavy atom. The van der Waals surface area contributed by atoms with E-state index in [9.17, 15) is 9.59 Å². The van der Waals surface area contributed by atoms with E-state index in [1.807, 2.05) is 24.3 Å². The highest BCUT2D eigenvalue weighted by Crippen LogP contribution is 2.26. The van der Waals surface area contributed by atoms with Gasteiger partial charge in [0.1, 0.15) is 6.54 Å². The molecule has 0 spiro atoms. The molecule has 1 aromatic heterocycles. The largest absolute Gasteiger partial charge is 0.324 e. The van der Waals surface area contributed by atoms with Crippen molar-refractivity contribution in [3.63, 3.8) is 0 Å². The predicted octanol–water partition coefficient (Wildman–Crippen LogP) is 4.20. The molecule has 0 aliphatic rings. The first-order valence-electron chi connectivity index (χ1n) is 8.53. The molecule has 1 unspecified atom stereocenters. The summed E-state index contributed by atoms with van der Waals surface area (Å²) >= 11 is 5.96. The highest BCUT2D eigenvalue weighted by atomic mass is 35.5. The summed E-state index contributed by atoms with van der Waals surface area (Å²) in [6.45, 7) is 4.12. The number of anilines is 1. The lowest BCUT2D eigenvalue weighted by atomic mass is 9.97. The molecule has 1 N–H and O–H groups in total. The topological polar surface area (TPSA) is 64.0 Å². The zero-order chi connectivity index (χ0) is 18.7. The van der Waals surface area contributed by atoms with Crippen molar-refractivity contribution < 1.29 is 4.79 Å². The van der Waals surface area contributed by atoms with Gasteiger partial charge in [0.15, 0.2) is 0 Å². The van der Waals surface area contributed by atoms with Crippen LogP contribution >= 0.6 is 11.6 Å². The van der Waals surface area contributed by atoms with Gasteiger partial charge in [0, 0.05) is 10.7 Å². The maximum Gasteiger partial charge on any atom is 0.261 e. The van der Waals surface area contributed by atoms with Gasteiger partial charge in [-0.05, 0) is 42.2 Å². The number of hydrogen-bond acceptors (Lipinski definition) is 3. The number of hydrogen-bond donors (Lipinski definition) is 1. The summed E-state index contributed by atoms with van der Waals surface area (Å²) in [5.41, 5.74) is 2.12. The van der Waals surface area contributed by atoms with E-state index in [1.165, 1.54) is 10.9 Å². The van der Waals surface area contributed by atoms with E-state index in [-0.39, 0.29) is 18.0 Å². The minimum absolute atomic E-state index is 0.108. The Hall–Kier alpha value is -2.66. The van der Waals surface area contributed by atoms with Crippen LogP contribution in [-0.4, -0.2) is 15.5 Å². The highest BCUT2D eigenvalue weighted by Gasteiger charge is 2.13. The first-order valence-corrected chi connectivity index (χ1v) is 8.91. The van der Waals surface area contributed by atoms with E-state index in [0.29, 0.717) is 21.8 Å². The molecule has 134 valence electrons. The molecule has 0 aliphatic carbocycles. The molecule has 1 amide bonds. The minimum Gasteiger partial charge on any atom is -0.324 e. The maximum absolute atomic E-state index is 12.6. The normalized spacial score (nSPS) is 12.1. The molecular formula is C20H20ClN3O2. The van der Waals surface area contributed by atoms with Crippen LogP contribution in [0.1, 0.15) is 31.7 Å². The van der Waals surface area contributed by atoms with Crippen LogP contribution in [-0.2, 0) is 11.3 Å². The second-order valence-electron chi connectivity index (χ2n) is 6.28. The summed E-state index contributed by atoms with van der Waals surface area (Å²) < 4.78 is 1.29. The van der Waals surface area contributed by atoms with Crippen LogP contribution in [0.2, 0.25) is 5.02 Å². The van der Waals surface area contributed by atoms with Crippen molar-refractivity contribution in [3.8, 4) is 0 Å². The van der Waals surface area contributed by atoms with Crippen LogP contribution in [0.25, 0.3) is 10.9 Å². The fourth-order valence-electron chi connectivity index (χ4n) is 2.85. The fourth-order valence-corrected chi connectivity index (χ4v) is 3.02. The number of aromatic nitrogens is 2. The summed E-state index contributed by atoms with van der Waals surface area (Å²) in [6.07, 6.45) is 2.36. The number of benzene rings is 2. The SMILES string of the molecule is CCC(C)c1ccccc1NC(=O)Cn1cnc2ccc(Cl)cc2c1=O. The van der Waals surface area contributed by atoms with Gasteiger partial charge in [0.25, 0.3) is 5.56 Å². The van der Waals surface area contributed by atoms with Crippen LogP contribution in [0.3, 0.4) is 0 Å². The third-order valence-electron chi connectivity index (χ3n) is 4.48. The standard InChI is InChI=1S/C20H20ClN3O2/c1-3-13(2)15-6-4-5-7-18(15)23-19(25)11-24-12-22-17-9-8-14(21)10-16(17)20(24)26/h4-10,12-13H,3,11H2,1-2H3,(H,23,25). The van der Waals surface area contributed by atoms with Crippen LogP contribution in [0.5, 0.6) is 0 Å². The van der Waals surface area contributed by atoms with E-state index < -0.39 is 0 Å². The quantitative estimate of drug-likeness (QED) is 0.733. The summed E-state index contributed by atoms with van der Waals surface area (Å²) in [5, 5.41) is 3.76. The highest BCUT2D eigenvalue weighted by molar-refractivity contribution is 6.31. The number of rotatable bonds is 5. The Kier molecular flexibility index (Phi) is 5.38. The van der Waals surface area contributed by atoms with Crippen molar-refractivity contribution >= 4 is 34.1 Å². The van der Waals surface area contributed by atoms with Gasteiger partial charge in [-0.3, -0.25) is 14.2 Å². The Balaban J connectivity index is 1.84. The second kappa shape index (κ2) is 7.70. The number of fused-ring (bicyclic) bond motifs is 1. The van der Waals surface area contributed by atoms with Crippen LogP contribution in [0.15, 0.2) is 53.6 Å². The molecule has 6 heteroatoms. The zero-order valence-corrected chi connectivity index (χ0v) is 15.5. The third-order valence-corrected chi connectivity index (χ3v) is 4.71. The molecule has 3 rings (SSSR count). The Labute approximate surface area is 156 Å². The van der Waals surface area contributed by atoms with Crippen LogP contribution in [0.4, 0.5) is 5.69 Å². The fraction of sp³-hybridized carbons (Fsp3) is 0.250. The van der Waals surface area contributed by atoms with Crippen molar-refractivity contribution in [2.24, 2.45) is 0 Å². The Bertz CT molecular complexity index is 1010. The van der Waals surface area contributed by atoms with Gasteiger partial charge in [-0.1, -0.05) is 43.6 Å². The molecule has 26 heavy (non-hydrogen) atoms. The van der Waals surface area contributed by atoms with Crippen molar-refractivity contribution in [1.29, 1.82) is 0 Å². The number of nitrogens with zero attached hydrogens (tertiary/aromatic N) is 2. The lowest BCUT2D eigenvalue weighted by Crippen LogP contribution is -2.28. The van der Waals surface area contributed by atoms with Gasteiger partial charge in [0.05, 0.1) is 17.2 Å². The molecule has 0 fully saturated rings. The molecule has 1 heterocycles. The van der Waals surface area contributed by atoms with Crippen molar-refractivity contribution in [3.05, 3.63) is 69.7 Å². The predicted molar refractivity (Wildman–Crippen MR) is 105 cm³/mol. The zero-order valence-electron chi connectivity index (χ0n) is 14.7. The monoisotopic (exact) mass is 369 g/mol. The van der Waals surface area contributed by atoms with E-state index in [0.717, 1.165) is 17.7 Å². The molecule has 2 aromatic carbocycles. The maximum atomic E-state index is 12.6. The first kappa shape index (κ1) is 18.1. The smallest absolute Gasteiger partial charge is 0.261 e. The number of nitrogens with one attached hydrogen (secondary N) is 1. The molecular weight excluding hydrogens is 350 g/mol. The molecule has 0 saturated heterocycles. The molecule has 1 atom stereocenters. The van der Waals surface area contributed by atoms with E-state index in [4.69, 9.17) is 11.6 Å². The van der Waals surface area contributed by atoms with E-state index >= 15 is 0 Å². The second-order valence-corrected chi connectivity index (χ2v) is 6.72. The summed E-state index contributed by atoms with van der Waals surface area (Å²) in [5.74, 6) is 0.0599. The minimum atomic E-state index is -0.289. The van der Waals surface area contributed by atoms with Gasteiger partial charge in [-0.2, -0.15) is 0 Å². The summed E-state index contributed by atoms with van der Waals surface area (Å²) in [4.78, 5) is 29.3. The van der Waals surface area contributed by atoms with Gasteiger partial charge in [0.2, 0.25) is 5.91 Å². The molecule has 0 saturated carbocycles. The number of carbonyl (C=O) groups is 1. The van der Waals surface area contributed by atoms with E-state index in [2.05, 4.69) is 24.1 Å². The lowest BCUT2D eigenvalue weighted by molar-refractivity contribution is -0.116. The summed E-state index contributed by atoms with van der Waals surface area (Å²) in [6, 6.07) is 12.7. The number of carbonyl (C=O) groups excluding carboxylic acids is 1. The molecule has 0 bridgehead atoms. The van der Waals surface area contributed by atoms with Crippen molar-refractivity contribution in [2.45, 2.75) is 32.7 Å². The van der Waals surface area contributed by atoms with Crippen molar-refractivity contribution in [2.75, 3.05) is 5.32 Å². The molecule has 0 aliphatic heterocycles.